The van der Waals surface area contributed by atoms with Gasteiger partial charge in [0.1, 0.15) is 11.5 Å². The summed E-state index contributed by atoms with van der Waals surface area (Å²) in [7, 11) is 1.64. The van der Waals surface area contributed by atoms with Crippen molar-refractivity contribution in [3.63, 3.8) is 0 Å². The molecule has 4 rings (SSSR count). The smallest absolute Gasteiger partial charge is 0.269 e. The van der Waals surface area contributed by atoms with Crippen molar-refractivity contribution in [3.8, 4) is 11.5 Å². The molecule has 0 fully saturated rings. The number of hydrogen-bond acceptors (Lipinski definition) is 5. The van der Waals surface area contributed by atoms with Crippen molar-refractivity contribution in [2.45, 2.75) is 25.8 Å². The number of hydrogen-bond donors (Lipinski definition) is 1. The highest BCUT2D eigenvalue weighted by atomic mass is 16.5. The number of aryl methyl sites for hydroxylation is 2. The summed E-state index contributed by atoms with van der Waals surface area (Å²) >= 11 is 0. The lowest BCUT2D eigenvalue weighted by molar-refractivity contribution is 0.0948. The highest BCUT2D eigenvalue weighted by Crippen LogP contribution is 2.26. The van der Waals surface area contributed by atoms with E-state index < -0.39 is 0 Å². The number of nitrogens with one attached hydrogen (secondary N) is 1. The topological polar surface area (TPSA) is 78.3 Å². The van der Waals surface area contributed by atoms with Gasteiger partial charge in [-0.2, -0.15) is 0 Å². The third-order valence-corrected chi connectivity index (χ3v) is 5.35. The Kier molecular flexibility index (Phi) is 7.53. The molecule has 1 N–H and O–H groups in total. The van der Waals surface area contributed by atoms with E-state index in [1.165, 1.54) is 0 Å². The van der Waals surface area contributed by atoms with E-state index in [0.29, 0.717) is 18.8 Å². The molecule has 2 heterocycles. The Labute approximate surface area is 193 Å². The Morgan fingerprint density at radius 1 is 0.970 bits per heavy atom. The van der Waals surface area contributed by atoms with Crippen LogP contribution in [0.2, 0.25) is 0 Å². The number of rotatable bonds is 11. The Bertz CT molecular complexity index is 1190. The molecular weight excluding hydrogens is 416 g/mol. The number of amides is 1. The van der Waals surface area contributed by atoms with Gasteiger partial charge in [0.2, 0.25) is 0 Å². The van der Waals surface area contributed by atoms with Crippen LogP contribution in [0.15, 0.2) is 72.9 Å². The van der Waals surface area contributed by atoms with Crippen LogP contribution in [0.1, 0.15) is 29.2 Å². The van der Waals surface area contributed by atoms with Gasteiger partial charge in [-0.25, -0.2) is 4.98 Å². The zero-order chi connectivity index (χ0) is 22.9. The molecule has 0 aliphatic heterocycles. The van der Waals surface area contributed by atoms with Gasteiger partial charge < -0.3 is 19.4 Å². The minimum atomic E-state index is -0.155. The van der Waals surface area contributed by atoms with Crippen LogP contribution in [-0.2, 0) is 13.0 Å². The first-order valence-corrected chi connectivity index (χ1v) is 11.2. The average molecular weight is 445 g/mol. The van der Waals surface area contributed by atoms with Crippen molar-refractivity contribution >= 4 is 16.9 Å². The SMILES string of the molecule is COc1ccccc1OCCCn1c(CCCNC(=O)c2ccccn2)nc2ccccc21. The lowest BCUT2D eigenvalue weighted by Crippen LogP contribution is -2.25. The van der Waals surface area contributed by atoms with Crippen LogP contribution in [0.3, 0.4) is 0 Å². The summed E-state index contributed by atoms with van der Waals surface area (Å²) in [6, 6.07) is 21.1. The number of pyridine rings is 1. The second-order valence-electron chi connectivity index (χ2n) is 7.60. The molecule has 0 radical (unpaired) electrons. The summed E-state index contributed by atoms with van der Waals surface area (Å²) in [6.45, 7) is 1.94. The largest absolute Gasteiger partial charge is 0.493 e. The summed E-state index contributed by atoms with van der Waals surface area (Å²) in [6.07, 6.45) is 4.01. The van der Waals surface area contributed by atoms with Gasteiger partial charge in [-0.15, -0.1) is 0 Å². The number of carbonyl (C=O) groups is 1. The molecule has 0 bridgehead atoms. The maximum atomic E-state index is 12.2. The van der Waals surface area contributed by atoms with Crippen LogP contribution in [0, 0.1) is 0 Å². The quantitative estimate of drug-likeness (QED) is 0.350. The van der Waals surface area contributed by atoms with E-state index in [1.54, 1.807) is 25.4 Å². The molecule has 0 saturated heterocycles. The summed E-state index contributed by atoms with van der Waals surface area (Å²) in [5.41, 5.74) is 2.53. The number of aromatic nitrogens is 3. The van der Waals surface area contributed by atoms with E-state index in [-0.39, 0.29) is 5.91 Å². The van der Waals surface area contributed by atoms with E-state index in [2.05, 4.69) is 20.9 Å². The molecule has 1 amide bonds. The van der Waals surface area contributed by atoms with Gasteiger partial charge in [0.05, 0.1) is 24.8 Å². The fraction of sp³-hybridized carbons (Fsp3) is 0.269. The number of nitrogens with zero attached hydrogens (tertiary/aromatic N) is 3. The van der Waals surface area contributed by atoms with Gasteiger partial charge in [-0.1, -0.05) is 30.3 Å². The molecule has 2 aromatic carbocycles. The molecule has 7 heteroatoms. The number of benzene rings is 2. The monoisotopic (exact) mass is 444 g/mol. The van der Waals surface area contributed by atoms with E-state index in [0.717, 1.165) is 54.2 Å². The highest BCUT2D eigenvalue weighted by Gasteiger charge is 2.11. The Morgan fingerprint density at radius 3 is 2.58 bits per heavy atom. The van der Waals surface area contributed by atoms with Crippen molar-refractivity contribution in [2.75, 3.05) is 20.3 Å². The maximum absolute atomic E-state index is 12.2. The van der Waals surface area contributed by atoms with Gasteiger partial charge in [-0.3, -0.25) is 9.78 Å². The molecule has 0 aliphatic carbocycles. The molecule has 0 aliphatic rings. The predicted octanol–water partition coefficient (Wildman–Crippen LogP) is 4.27. The van der Waals surface area contributed by atoms with Gasteiger partial charge in [0.25, 0.3) is 5.91 Å². The van der Waals surface area contributed by atoms with Crippen LogP contribution in [-0.4, -0.2) is 40.7 Å². The van der Waals surface area contributed by atoms with Crippen LogP contribution in [0.25, 0.3) is 11.0 Å². The van der Waals surface area contributed by atoms with Gasteiger partial charge in [0.15, 0.2) is 11.5 Å². The van der Waals surface area contributed by atoms with Crippen LogP contribution in [0.5, 0.6) is 11.5 Å². The highest BCUT2D eigenvalue weighted by molar-refractivity contribution is 5.92. The van der Waals surface area contributed by atoms with E-state index in [4.69, 9.17) is 14.5 Å². The molecule has 170 valence electrons. The fourth-order valence-corrected chi connectivity index (χ4v) is 3.74. The number of imidazole rings is 1. The van der Waals surface area contributed by atoms with Crippen molar-refractivity contribution in [3.05, 3.63) is 84.4 Å². The van der Waals surface area contributed by atoms with Gasteiger partial charge in [0, 0.05) is 25.7 Å². The molecule has 4 aromatic rings. The lowest BCUT2D eigenvalue weighted by atomic mass is 10.2. The number of fused-ring (bicyclic) bond motifs is 1. The fourth-order valence-electron chi connectivity index (χ4n) is 3.74. The molecule has 0 atom stereocenters. The molecule has 2 aromatic heterocycles. The number of methoxy groups -OCH3 is 1. The zero-order valence-electron chi connectivity index (χ0n) is 18.7. The van der Waals surface area contributed by atoms with Crippen molar-refractivity contribution in [2.24, 2.45) is 0 Å². The first kappa shape index (κ1) is 22.3. The second-order valence-corrected chi connectivity index (χ2v) is 7.60. The predicted molar refractivity (Wildman–Crippen MR) is 128 cm³/mol. The summed E-state index contributed by atoms with van der Waals surface area (Å²) in [5, 5.41) is 2.93. The number of ether oxygens (including phenoxy) is 2. The molecule has 33 heavy (non-hydrogen) atoms. The lowest BCUT2D eigenvalue weighted by Gasteiger charge is -2.12. The van der Waals surface area contributed by atoms with E-state index >= 15 is 0 Å². The Morgan fingerprint density at radius 2 is 1.76 bits per heavy atom. The minimum absolute atomic E-state index is 0.155. The zero-order valence-corrected chi connectivity index (χ0v) is 18.7. The van der Waals surface area contributed by atoms with Crippen molar-refractivity contribution in [1.29, 1.82) is 0 Å². The Hall–Kier alpha value is -3.87. The molecular formula is C26H28N4O3. The second kappa shape index (κ2) is 11.1. The average Bonchev–Trinajstić information content (AvgIpc) is 3.22. The van der Waals surface area contributed by atoms with Crippen LogP contribution in [0.4, 0.5) is 0 Å². The standard InChI is InChI=1S/C26H28N4O3/c1-32-23-13-4-5-14-24(23)33-19-9-18-30-22-12-3-2-10-20(22)29-25(30)15-8-17-28-26(31)21-11-6-7-16-27-21/h2-7,10-14,16H,8-9,15,17-19H2,1H3,(H,28,31). The van der Waals surface area contributed by atoms with Crippen LogP contribution < -0.4 is 14.8 Å². The van der Waals surface area contributed by atoms with Gasteiger partial charge >= 0.3 is 0 Å². The van der Waals surface area contributed by atoms with Crippen molar-refractivity contribution in [1.82, 2.24) is 19.9 Å². The molecule has 0 saturated carbocycles. The van der Waals surface area contributed by atoms with E-state index in [9.17, 15) is 4.79 Å². The van der Waals surface area contributed by atoms with E-state index in [1.807, 2.05) is 48.5 Å². The van der Waals surface area contributed by atoms with Gasteiger partial charge in [-0.05, 0) is 49.2 Å². The first-order chi connectivity index (χ1) is 16.3. The summed E-state index contributed by atoms with van der Waals surface area (Å²) < 4.78 is 13.5. The third kappa shape index (κ3) is 5.68. The minimum Gasteiger partial charge on any atom is -0.493 e. The van der Waals surface area contributed by atoms with Crippen molar-refractivity contribution < 1.29 is 14.3 Å². The maximum Gasteiger partial charge on any atom is 0.269 e. The molecule has 0 unspecified atom stereocenters. The molecule has 0 spiro atoms. The number of para-hydroxylation sites is 4. The number of carbonyl (C=O) groups excluding carboxylic acids is 1. The normalized spacial score (nSPS) is 10.8. The Balaban J connectivity index is 1.34. The molecule has 7 nitrogen and oxygen atoms in total. The first-order valence-electron chi connectivity index (χ1n) is 11.2. The van der Waals surface area contributed by atoms with Crippen LogP contribution >= 0.6 is 0 Å². The third-order valence-electron chi connectivity index (χ3n) is 5.35. The summed E-state index contributed by atoms with van der Waals surface area (Å²) in [4.78, 5) is 21.1. The summed E-state index contributed by atoms with van der Waals surface area (Å²) in [5.74, 6) is 2.34.